The monoisotopic (exact) mass is 478 g/mol. The second kappa shape index (κ2) is 10.0. The molecular formula is C22H30N4O6S. The molecular weight excluding hydrogens is 448 g/mol. The summed E-state index contributed by atoms with van der Waals surface area (Å²) in [7, 11) is -3.82. The fraction of sp³-hybridized carbons (Fsp3) is 0.500. The number of nitrogens with one attached hydrogen (secondary N) is 1. The molecule has 2 aromatic rings. The van der Waals surface area contributed by atoms with Crippen LogP contribution >= 0.6 is 0 Å². The molecule has 1 aromatic carbocycles. The van der Waals surface area contributed by atoms with Crippen molar-refractivity contribution >= 4 is 27.7 Å². The number of carbonyl (C=O) groups excluding carboxylic acids is 2. The predicted octanol–water partition coefficient (Wildman–Crippen LogP) is 2.45. The van der Waals surface area contributed by atoms with Gasteiger partial charge in [0.25, 0.3) is 5.91 Å². The SMILES string of the molecule is CC(C)n1nccc1NC(=O)[C@@H](C)OC(=O)c1cccc(S(=O)(=O)N2C[C@@H](C)O[C@@H](C)C2)c1. The first-order valence-corrected chi connectivity index (χ1v) is 12.2. The first-order chi connectivity index (χ1) is 15.5. The number of esters is 1. The van der Waals surface area contributed by atoms with Crippen LogP contribution < -0.4 is 5.32 Å². The number of anilines is 1. The summed E-state index contributed by atoms with van der Waals surface area (Å²) in [6.07, 6.45) is -0.00550. The van der Waals surface area contributed by atoms with Crippen molar-refractivity contribution in [2.24, 2.45) is 0 Å². The van der Waals surface area contributed by atoms with E-state index in [-0.39, 0.29) is 41.8 Å². The lowest BCUT2D eigenvalue weighted by Gasteiger charge is -2.34. The summed E-state index contributed by atoms with van der Waals surface area (Å²) in [5.41, 5.74) is 0.0392. The van der Waals surface area contributed by atoms with E-state index in [1.54, 1.807) is 16.9 Å². The van der Waals surface area contributed by atoms with Gasteiger partial charge in [-0.1, -0.05) is 6.07 Å². The lowest BCUT2D eigenvalue weighted by atomic mass is 10.2. The van der Waals surface area contributed by atoms with E-state index in [0.717, 1.165) is 0 Å². The largest absolute Gasteiger partial charge is 0.449 e. The van der Waals surface area contributed by atoms with E-state index in [9.17, 15) is 18.0 Å². The highest BCUT2D eigenvalue weighted by Crippen LogP contribution is 2.22. The van der Waals surface area contributed by atoms with Gasteiger partial charge in [0.15, 0.2) is 6.10 Å². The van der Waals surface area contributed by atoms with Gasteiger partial charge in [-0.3, -0.25) is 4.79 Å². The Bertz CT molecular complexity index is 1100. The average Bonchev–Trinajstić information content (AvgIpc) is 3.21. The number of hydrogen-bond donors (Lipinski definition) is 1. The second-order valence-electron chi connectivity index (χ2n) is 8.40. The summed E-state index contributed by atoms with van der Waals surface area (Å²) in [6, 6.07) is 7.30. The number of ether oxygens (including phenoxy) is 2. The molecule has 0 bridgehead atoms. The molecule has 33 heavy (non-hydrogen) atoms. The van der Waals surface area contributed by atoms with Crippen LogP contribution in [0.25, 0.3) is 0 Å². The number of nitrogens with zero attached hydrogens (tertiary/aromatic N) is 3. The van der Waals surface area contributed by atoms with E-state index in [2.05, 4.69) is 10.4 Å². The molecule has 3 atom stereocenters. The van der Waals surface area contributed by atoms with Gasteiger partial charge in [-0.05, 0) is 52.8 Å². The van der Waals surface area contributed by atoms with Crippen molar-refractivity contribution in [2.75, 3.05) is 18.4 Å². The number of benzene rings is 1. The fourth-order valence-corrected chi connectivity index (χ4v) is 5.23. The highest BCUT2D eigenvalue weighted by molar-refractivity contribution is 7.89. The zero-order valence-corrected chi connectivity index (χ0v) is 20.2. The molecule has 180 valence electrons. The molecule has 0 radical (unpaired) electrons. The topological polar surface area (TPSA) is 120 Å². The minimum Gasteiger partial charge on any atom is -0.449 e. The van der Waals surface area contributed by atoms with Crippen molar-refractivity contribution in [2.45, 2.75) is 63.9 Å². The molecule has 10 nitrogen and oxygen atoms in total. The molecule has 1 amide bonds. The molecule has 11 heteroatoms. The lowest BCUT2D eigenvalue weighted by Crippen LogP contribution is -2.48. The van der Waals surface area contributed by atoms with Gasteiger partial charge < -0.3 is 14.8 Å². The van der Waals surface area contributed by atoms with E-state index in [1.807, 2.05) is 27.7 Å². The van der Waals surface area contributed by atoms with Crippen molar-refractivity contribution < 1.29 is 27.5 Å². The third-order valence-electron chi connectivity index (χ3n) is 5.16. The number of hydrogen-bond acceptors (Lipinski definition) is 7. The molecule has 0 unspecified atom stereocenters. The quantitative estimate of drug-likeness (QED) is 0.607. The maximum Gasteiger partial charge on any atom is 0.338 e. The summed E-state index contributed by atoms with van der Waals surface area (Å²) in [5.74, 6) is -0.832. The highest BCUT2D eigenvalue weighted by atomic mass is 32.2. The Labute approximate surface area is 193 Å². The van der Waals surface area contributed by atoms with E-state index >= 15 is 0 Å². The van der Waals surface area contributed by atoms with Crippen molar-refractivity contribution in [1.29, 1.82) is 0 Å². The summed E-state index contributed by atoms with van der Waals surface area (Å²) in [4.78, 5) is 25.1. The predicted molar refractivity (Wildman–Crippen MR) is 121 cm³/mol. The van der Waals surface area contributed by atoms with Gasteiger partial charge in [-0.2, -0.15) is 9.40 Å². The van der Waals surface area contributed by atoms with Crippen LogP contribution in [0.2, 0.25) is 0 Å². The Morgan fingerprint density at radius 2 is 1.82 bits per heavy atom. The van der Waals surface area contributed by atoms with Gasteiger partial charge in [0.05, 0.1) is 28.9 Å². The second-order valence-corrected chi connectivity index (χ2v) is 10.3. The number of aromatic nitrogens is 2. The Kier molecular flexibility index (Phi) is 7.55. The Morgan fingerprint density at radius 1 is 1.15 bits per heavy atom. The molecule has 3 rings (SSSR count). The molecule has 1 aliphatic heterocycles. The molecule has 1 saturated heterocycles. The smallest absolute Gasteiger partial charge is 0.338 e. The molecule has 1 N–H and O–H groups in total. The number of carbonyl (C=O) groups is 2. The number of amides is 1. The van der Waals surface area contributed by atoms with Crippen LogP contribution in [0, 0.1) is 0 Å². The van der Waals surface area contributed by atoms with Gasteiger partial charge >= 0.3 is 5.97 Å². The van der Waals surface area contributed by atoms with Crippen LogP contribution in [-0.4, -0.2) is 65.8 Å². The van der Waals surface area contributed by atoms with Crippen molar-refractivity contribution in [3.63, 3.8) is 0 Å². The van der Waals surface area contributed by atoms with Gasteiger partial charge in [-0.15, -0.1) is 0 Å². The summed E-state index contributed by atoms with van der Waals surface area (Å²) >= 11 is 0. The Balaban J connectivity index is 1.70. The minimum atomic E-state index is -3.82. The first-order valence-electron chi connectivity index (χ1n) is 10.8. The summed E-state index contributed by atoms with van der Waals surface area (Å²) in [6.45, 7) is 9.37. The van der Waals surface area contributed by atoms with Crippen LogP contribution in [0.3, 0.4) is 0 Å². The highest BCUT2D eigenvalue weighted by Gasteiger charge is 2.32. The lowest BCUT2D eigenvalue weighted by molar-refractivity contribution is -0.123. The molecule has 0 saturated carbocycles. The van der Waals surface area contributed by atoms with Crippen LogP contribution in [0.4, 0.5) is 5.82 Å². The fourth-order valence-electron chi connectivity index (χ4n) is 3.59. The molecule has 1 fully saturated rings. The maximum atomic E-state index is 13.1. The Hall–Kier alpha value is -2.76. The molecule has 2 heterocycles. The third kappa shape index (κ3) is 5.79. The Morgan fingerprint density at radius 3 is 2.45 bits per heavy atom. The molecule has 0 aliphatic carbocycles. The first kappa shape index (κ1) is 24.9. The van der Waals surface area contributed by atoms with E-state index < -0.39 is 28.0 Å². The number of rotatable bonds is 7. The van der Waals surface area contributed by atoms with Crippen molar-refractivity contribution in [3.8, 4) is 0 Å². The van der Waals surface area contributed by atoms with E-state index in [4.69, 9.17) is 9.47 Å². The van der Waals surface area contributed by atoms with Crippen molar-refractivity contribution in [1.82, 2.24) is 14.1 Å². The standard InChI is InChI=1S/C22H30N4O6S/c1-14(2)26-20(9-10-23-26)24-21(27)17(5)32-22(28)18-7-6-8-19(11-18)33(29,30)25-12-15(3)31-16(4)13-25/h6-11,14-17H,12-13H2,1-5H3,(H,24,27)/t15-,16+,17-/m1/s1. The van der Waals surface area contributed by atoms with E-state index in [0.29, 0.717) is 5.82 Å². The van der Waals surface area contributed by atoms with Crippen LogP contribution in [0.1, 0.15) is 51.0 Å². The number of sulfonamides is 1. The van der Waals surface area contributed by atoms with Crippen LogP contribution in [-0.2, 0) is 24.3 Å². The normalized spacial score (nSPS) is 20.4. The van der Waals surface area contributed by atoms with Gasteiger partial charge in [-0.25, -0.2) is 17.9 Å². The van der Waals surface area contributed by atoms with Crippen molar-refractivity contribution in [3.05, 3.63) is 42.1 Å². The van der Waals surface area contributed by atoms with Crippen LogP contribution in [0.5, 0.6) is 0 Å². The van der Waals surface area contributed by atoms with Gasteiger partial charge in [0.1, 0.15) is 5.82 Å². The maximum absolute atomic E-state index is 13.1. The van der Waals surface area contributed by atoms with Gasteiger partial charge in [0, 0.05) is 25.2 Å². The molecule has 1 aliphatic rings. The van der Waals surface area contributed by atoms with Crippen LogP contribution in [0.15, 0.2) is 41.4 Å². The summed E-state index contributed by atoms with van der Waals surface area (Å²) < 4.78 is 40.1. The number of morpholine rings is 1. The average molecular weight is 479 g/mol. The zero-order chi connectivity index (χ0) is 24.3. The van der Waals surface area contributed by atoms with Gasteiger partial charge in [0.2, 0.25) is 10.0 Å². The minimum absolute atomic E-state index is 0.0174. The van der Waals surface area contributed by atoms with E-state index in [1.165, 1.54) is 35.5 Å². The zero-order valence-electron chi connectivity index (χ0n) is 19.4. The molecule has 1 aromatic heterocycles. The summed E-state index contributed by atoms with van der Waals surface area (Å²) in [5, 5.41) is 6.83. The third-order valence-corrected chi connectivity index (χ3v) is 6.98. The molecule has 0 spiro atoms.